The van der Waals surface area contributed by atoms with Gasteiger partial charge in [-0.15, -0.1) is 0 Å². The van der Waals surface area contributed by atoms with Crippen LogP contribution in [-0.2, 0) is 23.2 Å². The molecule has 0 spiro atoms. The van der Waals surface area contributed by atoms with Crippen LogP contribution in [0.1, 0.15) is 194 Å². The number of carbonyl (C=O) groups excluding carboxylic acids is 2. The van der Waals surface area contributed by atoms with Crippen molar-refractivity contribution in [3.05, 3.63) is 24.3 Å². The van der Waals surface area contributed by atoms with Crippen LogP contribution in [0.15, 0.2) is 24.3 Å². The Kier molecular flexibility index (Phi) is 31.0. The average Bonchev–Trinajstić information content (AvgIpc) is 2.96. The molecule has 0 aromatic rings. The Bertz CT molecular complexity index is 690. The van der Waals surface area contributed by atoms with Gasteiger partial charge >= 0.3 is 19.8 Å². The van der Waals surface area contributed by atoms with E-state index in [0.717, 1.165) is 64.2 Å². The molecular weight excluding hydrogens is 559 g/mol. The largest absolute Gasteiger partial charge is 0.589 e. The van der Waals surface area contributed by atoms with Crippen molar-refractivity contribution in [2.24, 2.45) is 0 Å². The van der Waals surface area contributed by atoms with Gasteiger partial charge in [-0.1, -0.05) is 141 Å². The van der Waals surface area contributed by atoms with E-state index in [9.17, 15) is 19.0 Å². The third kappa shape index (κ3) is 33.3. The van der Waals surface area contributed by atoms with Gasteiger partial charge in [0.05, 0.1) is 0 Å². The van der Waals surface area contributed by atoms with Crippen molar-refractivity contribution >= 4 is 19.8 Å². The molecule has 6 nitrogen and oxygen atoms in total. The number of carbonyl (C=O) groups is 2. The molecule has 0 amide bonds. The first-order valence-electron chi connectivity index (χ1n) is 18.0. The van der Waals surface area contributed by atoms with Gasteiger partial charge in [0, 0.05) is 12.8 Å². The molecule has 0 atom stereocenters. The van der Waals surface area contributed by atoms with E-state index in [2.05, 4.69) is 47.2 Å². The van der Waals surface area contributed by atoms with Gasteiger partial charge in [-0.3, -0.25) is 14.5 Å². The lowest BCUT2D eigenvalue weighted by molar-refractivity contribution is -0.140. The van der Waals surface area contributed by atoms with Crippen LogP contribution in [-0.4, -0.2) is 16.8 Å². The molecule has 1 N–H and O–H groups in total. The van der Waals surface area contributed by atoms with Gasteiger partial charge in [0.15, 0.2) is 0 Å². The monoisotopic (exact) mass is 626 g/mol. The Morgan fingerprint density at radius 2 is 0.721 bits per heavy atom. The predicted molar refractivity (Wildman–Crippen MR) is 181 cm³/mol. The fraction of sp³-hybridized carbons (Fsp3) is 0.833. The molecule has 0 radical (unpaired) electrons. The van der Waals surface area contributed by atoms with E-state index in [0.29, 0.717) is 12.8 Å². The normalized spacial score (nSPS) is 12.0. The van der Waals surface area contributed by atoms with Gasteiger partial charge in [0.1, 0.15) is 0 Å². The van der Waals surface area contributed by atoms with Gasteiger partial charge in [-0.05, 0) is 64.2 Å². The minimum Gasteiger partial charge on any atom is -0.361 e. The summed E-state index contributed by atoms with van der Waals surface area (Å²) in [7, 11) is -4.70. The molecule has 0 heterocycles. The van der Waals surface area contributed by atoms with Crippen molar-refractivity contribution in [3.63, 3.8) is 0 Å². The van der Waals surface area contributed by atoms with Crippen molar-refractivity contribution in [1.29, 1.82) is 0 Å². The van der Waals surface area contributed by atoms with Crippen molar-refractivity contribution < 1.29 is 28.1 Å². The Balaban J connectivity index is 3.62. The van der Waals surface area contributed by atoms with Crippen LogP contribution in [0.2, 0.25) is 0 Å². The molecule has 0 bridgehead atoms. The molecule has 0 saturated heterocycles. The first-order chi connectivity index (χ1) is 20.9. The van der Waals surface area contributed by atoms with Crippen LogP contribution in [0, 0.1) is 0 Å². The topological polar surface area (TPSA) is 89.9 Å². The van der Waals surface area contributed by atoms with E-state index in [1.54, 1.807) is 0 Å². The summed E-state index contributed by atoms with van der Waals surface area (Å²) in [5.74, 6) is -1.59. The summed E-state index contributed by atoms with van der Waals surface area (Å²) in [6, 6.07) is 0. The van der Waals surface area contributed by atoms with Crippen molar-refractivity contribution in [2.75, 3.05) is 0 Å². The molecule has 0 aliphatic carbocycles. The van der Waals surface area contributed by atoms with Crippen LogP contribution in [0.3, 0.4) is 0 Å². The van der Waals surface area contributed by atoms with Crippen LogP contribution in [0.25, 0.3) is 0 Å². The Labute approximate surface area is 265 Å². The summed E-state index contributed by atoms with van der Waals surface area (Å²) >= 11 is 0. The maximum absolute atomic E-state index is 12.0. The second-order valence-electron chi connectivity index (χ2n) is 12.1. The van der Waals surface area contributed by atoms with Crippen molar-refractivity contribution in [3.8, 4) is 0 Å². The molecule has 0 rings (SSSR count). The number of allylic oxidation sites excluding steroid dienone is 4. The summed E-state index contributed by atoms with van der Waals surface area (Å²) in [4.78, 5) is 33.6. The Morgan fingerprint density at radius 3 is 1.02 bits per heavy atom. The standard InChI is InChI=1S/C36H67O6P/c1-3-5-7-9-11-13-15-17-19-21-23-25-27-29-31-33-35(37)41-43(39,40)42-36(38)34-32-30-28-26-24-22-20-18-16-14-12-10-8-6-4-2/h17-20H,3-16,21-34H2,1-2H3,(H,39,40)/b19-17+,20-18+. The zero-order valence-corrected chi connectivity index (χ0v) is 28.9. The molecule has 0 fully saturated rings. The third-order valence-corrected chi connectivity index (χ3v) is 8.59. The summed E-state index contributed by atoms with van der Waals surface area (Å²) < 4.78 is 21.2. The van der Waals surface area contributed by atoms with Gasteiger partial charge in [-0.2, -0.15) is 0 Å². The average molecular weight is 627 g/mol. The highest BCUT2D eigenvalue weighted by Gasteiger charge is 2.30. The van der Waals surface area contributed by atoms with Gasteiger partial charge in [0.2, 0.25) is 0 Å². The smallest absolute Gasteiger partial charge is 0.361 e. The zero-order chi connectivity index (χ0) is 31.7. The summed E-state index contributed by atoms with van der Waals surface area (Å²) in [5.41, 5.74) is 0. The highest BCUT2D eigenvalue weighted by atomic mass is 31.2. The molecule has 7 heteroatoms. The van der Waals surface area contributed by atoms with E-state index < -0.39 is 19.8 Å². The van der Waals surface area contributed by atoms with Crippen LogP contribution < -0.4 is 0 Å². The number of phosphoric acid groups is 1. The van der Waals surface area contributed by atoms with Gasteiger partial charge in [0.25, 0.3) is 0 Å². The molecule has 0 aromatic heterocycles. The van der Waals surface area contributed by atoms with E-state index in [1.807, 2.05) is 0 Å². The van der Waals surface area contributed by atoms with Gasteiger partial charge < -0.3 is 9.05 Å². The quantitative estimate of drug-likeness (QED) is 0.0454. The van der Waals surface area contributed by atoms with E-state index >= 15 is 0 Å². The maximum atomic E-state index is 12.0. The summed E-state index contributed by atoms with van der Waals surface area (Å²) in [6.07, 6.45) is 39.2. The Morgan fingerprint density at radius 1 is 0.465 bits per heavy atom. The third-order valence-electron chi connectivity index (χ3n) is 7.72. The lowest BCUT2D eigenvalue weighted by Crippen LogP contribution is -2.08. The lowest BCUT2D eigenvalue weighted by Gasteiger charge is -2.11. The second kappa shape index (κ2) is 32.0. The molecular formula is C36H67O6P. The number of hydrogen-bond acceptors (Lipinski definition) is 5. The van der Waals surface area contributed by atoms with E-state index in [4.69, 9.17) is 0 Å². The predicted octanol–water partition coefficient (Wildman–Crippen LogP) is 12.2. The van der Waals surface area contributed by atoms with Crippen LogP contribution in [0.4, 0.5) is 0 Å². The lowest BCUT2D eigenvalue weighted by atomic mass is 10.1. The first-order valence-corrected chi connectivity index (χ1v) is 19.5. The molecule has 0 aliphatic rings. The number of rotatable bonds is 32. The number of phosphoric ester groups is 1. The zero-order valence-electron chi connectivity index (χ0n) is 28.0. The van der Waals surface area contributed by atoms with Crippen molar-refractivity contribution in [2.45, 2.75) is 194 Å². The Hall–Kier alpha value is -1.39. The fourth-order valence-corrected chi connectivity index (χ4v) is 5.78. The highest BCUT2D eigenvalue weighted by Crippen LogP contribution is 2.44. The van der Waals surface area contributed by atoms with Crippen LogP contribution >= 0.6 is 7.82 Å². The molecule has 43 heavy (non-hydrogen) atoms. The van der Waals surface area contributed by atoms with E-state index in [1.165, 1.54) is 89.9 Å². The second-order valence-corrected chi connectivity index (χ2v) is 13.4. The molecule has 0 aromatic carbocycles. The first kappa shape index (κ1) is 41.6. The van der Waals surface area contributed by atoms with Gasteiger partial charge in [-0.25, -0.2) is 4.57 Å². The molecule has 252 valence electrons. The summed E-state index contributed by atoms with van der Waals surface area (Å²) in [5, 5.41) is 0. The van der Waals surface area contributed by atoms with Crippen molar-refractivity contribution in [1.82, 2.24) is 0 Å². The fourth-order valence-electron chi connectivity index (χ4n) is 5.05. The minimum atomic E-state index is -4.70. The minimum absolute atomic E-state index is 0.0501. The number of unbranched alkanes of at least 4 members (excludes halogenated alkanes) is 22. The molecule has 0 unspecified atom stereocenters. The summed E-state index contributed by atoms with van der Waals surface area (Å²) in [6.45, 7) is 4.49. The highest BCUT2D eigenvalue weighted by molar-refractivity contribution is 7.48. The molecule has 0 aliphatic heterocycles. The van der Waals surface area contributed by atoms with Crippen LogP contribution in [0.5, 0.6) is 0 Å². The SMILES string of the molecule is CCCCCCCC/C=C/CCCCCCCC(=O)OP(=O)(O)OC(=O)CCCCCCC/C=C/CCCCCCCC. The maximum Gasteiger partial charge on any atom is 0.589 e. The van der Waals surface area contributed by atoms with E-state index in [-0.39, 0.29) is 12.8 Å². The number of hydrogen-bond donors (Lipinski definition) is 1. The molecule has 0 saturated carbocycles.